The quantitative estimate of drug-likeness (QED) is 0.851. The highest BCUT2D eigenvalue weighted by atomic mass is 16.2. The average Bonchev–Trinajstić information content (AvgIpc) is 3.67. The minimum atomic E-state index is 0. The summed E-state index contributed by atoms with van der Waals surface area (Å²) in [6, 6.07) is 4.66. The lowest BCUT2D eigenvalue weighted by atomic mass is 10.0. The minimum absolute atomic E-state index is 0. The van der Waals surface area contributed by atoms with Gasteiger partial charge in [0, 0.05) is 33.3 Å². The van der Waals surface area contributed by atoms with E-state index < -0.39 is 0 Å². The number of anilines is 1. The molecule has 3 aliphatic carbocycles. The number of urea groups is 1. The maximum Gasteiger partial charge on any atom is 0.318 e. The molecule has 28 heavy (non-hydrogen) atoms. The third-order valence-corrected chi connectivity index (χ3v) is 6.75. The van der Waals surface area contributed by atoms with Crippen LogP contribution >= 0.6 is 0 Å². The standard InChI is InChI=1S/C22H29N5O.H2/c1-15-19-9-6-16(12-20(15)19)13-23-22(28)27(17-7-8-17)18-4-3-11-26(14-18)21-5-2-10-24-25-21;/h2,5-6,9-10,12,15,17-20H,3-4,7-8,11,13-14H2,1H3,(H,23,28);1H/t15?,18-,19?,20?;/m1./s1. The van der Waals surface area contributed by atoms with Crippen molar-refractivity contribution < 1.29 is 6.22 Å². The molecule has 6 heteroatoms. The van der Waals surface area contributed by atoms with Crippen LogP contribution in [0.5, 0.6) is 0 Å². The SMILES string of the molecule is CC1C2C=CC(CNC(=O)N(C3CC3)[C@@H]3CCCN(c4cccnn4)C3)=CC12.[HH]. The summed E-state index contributed by atoms with van der Waals surface area (Å²) in [6.07, 6.45) is 13.0. The monoisotopic (exact) mass is 381 g/mol. The van der Waals surface area contributed by atoms with E-state index in [1.54, 1.807) is 6.20 Å². The van der Waals surface area contributed by atoms with E-state index in [-0.39, 0.29) is 13.5 Å². The number of fused-ring (bicyclic) bond motifs is 1. The number of amides is 2. The van der Waals surface area contributed by atoms with Gasteiger partial charge >= 0.3 is 6.03 Å². The van der Waals surface area contributed by atoms with Crippen molar-refractivity contribution in [1.82, 2.24) is 20.4 Å². The van der Waals surface area contributed by atoms with Crippen LogP contribution < -0.4 is 10.2 Å². The van der Waals surface area contributed by atoms with Crippen molar-refractivity contribution in [2.24, 2.45) is 17.8 Å². The van der Waals surface area contributed by atoms with Crippen molar-refractivity contribution >= 4 is 11.8 Å². The van der Waals surface area contributed by atoms with E-state index in [0.29, 0.717) is 18.5 Å². The summed E-state index contributed by atoms with van der Waals surface area (Å²) in [7, 11) is 0. The summed E-state index contributed by atoms with van der Waals surface area (Å²) in [5, 5.41) is 11.5. The lowest BCUT2D eigenvalue weighted by molar-refractivity contribution is 0.161. The molecule has 6 nitrogen and oxygen atoms in total. The Hall–Kier alpha value is -2.37. The molecule has 1 N–H and O–H groups in total. The Morgan fingerprint density at radius 2 is 2.21 bits per heavy atom. The molecule has 2 saturated carbocycles. The molecule has 4 atom stereocenters. The first kappa shape index (κ1) is 17.7. The molecule has 3 unspecified atom stereocenters. The van der Waals surface area contributed by atoms with Crippen molar-refractivity contribution in [1.29, 1.82) is 0 Å². The first-order chi connectivity index (χ1) is 13.7. The zero-order valence-corrected chi connectivity index (χ0v) is 16.5. The largest absolute Gasteiger partial charge is 0.353 e. The van der Waals surface area contributed by atoms with Gasteiger partial charge in [-0.25, -0.2) is 4.79 Å². The number of rotatable bonds is 5. The lowest BCUT2D eigenvalue weighted by Gasteiger charge is -2.40. The van der Waals surface area contributed by atoms with Gasteiger partial charge in [-0.2, -0.15) is 5.10 Å². The Bertz CT molecular complexity index is 794. The number of aromatic nitrogens is 2. The highest BCUT2D eigenvalue weighted by molar-refractivity contribution is 5.76. The second-order valence-corrected chi connectivity index (χ2v) is 8.74. The molecule has 1 aliphatic heterocycles. The maximum absolute atomic E-state index is 13.1. The number of carbonyl (C=O) groups excluding carboxylic acids is 1. The van der Waals surface area contributed by atoms with Crippen LogP contribution in [0.4, 0.5) is 10.6 Å². The molecule has 150 valence electrons. The summed E-state index contributed by atoms with van der Waals surface area (Å²) < 4.78 is 0. The molecule has 0 bridgehead atoms. The fourth-order valence-corrected chi connectivity index (χ4v) is 4.85. The first-order valence-electron chi connectivity index (χ1n) is 10.7. The van der Waals surface area contributed by atoms with Gasteiger partial charge in [-0.05, 0) is 61.1 Å². The molecule has 2 amide bonds. The zero-order chi connectivity index (χ0) is 19.1. The van der Waals surface area contributed by atoms with Crippen LogP contribution in [-0.4, -0.2) is 52.8 Å². The van der Waals surface area contributed by atoms with E-state index in [2.05, 4.69) is 50.5 Å². The highest BCUT2D eigenvalue weighted by Gasteiger charge is 2.44. The van der Waals surface area contributed by atoms with Crippen molar-refractivity contribution in [3.05, 3.63) is 42.1 Å². The van der Waals surface area contributed by atoms with E-state index in [1.165, 1.54) is 5.57 Å². The van der Waals surface area contributed by atoms with E-state index in [9.17, 15) is 4.79 Å². The zero-order valence-electron chi connectivity index (χ0n) is 16.5. The maximum atomic E-state index is 13.1. The third kappa shape index (κ3) is 3.52. The topological polar surface area (TPSA) is 61.4 Å². The predicted molar refractivity (Wildman–Crippen MR) is 111 cm³/mol. The molecule has 1 saturated heterocycles. The smallest absolute Gasteiger partial charge is 0.318 e. The van der Waals surface area contributed by atoms with Gasteiger partial charge in [0.15, 0.2) is 5.82 Å². The van der Waals surface area contributed by atoms with Crippen LogP contribution in [0.2, 0.25) is 0 Å². The Kier molecular flexibility index (Phi) is 4.57. The van der Waals surface area contributed by atoms with Gasteiger partial charge in [-0.1, -0.05) is 25.2 Å². The van der Waals surface area contributed by atoms with Crippen LogP contribution in [0.25, 0.3) is 0 Å². The number of hydrogen-bond donors (Lipinski definition) is 1. The summed E-state index contributed by atoms with van der Waals surface area (Å²) in [5.41, 5.74) is 1.25. The van der Waals surface area contributed by atoms with Gasteiger partial charge in [0.1, 0.15) is 0 Å². The van der Waals surface area contributed by atoms with Gasteiger partial charge in [-0.3, -0.25) is 0 Å². The van der Waals surface area contributed by atoms with Gasteiger partial charge in [0.25, 0.3) is 0 Å². The van der Waals surface area contributed by atoms with Crippen molar-refractivity contribution in [3.8, 4) is 0 Å². The van der Waals surface area contributed by atoms with Crippen molar-refractivity contribution in [3.63, 3.8) is 0 Å². The predicted octanol–water partition coefficient (Wildman–Crippen LogP) is 3.24. The number of nitrogens with one attached hydrogen (secondary N) is 1. The Morgan fingerprint density at radius 3 is 2.96 bits per heavy atom. The second-order valence-electron chi connectivity index (χ2n) is 8.74. The van der Waals surface area contributed by atoms with Crippen molar-refractivity contribution in [2.45, 2.75) is 44.7 Å². The number of piperidine rings is 1. The molecule has 1 aromatic heterocycles. The Labute approximate surface area is 168 Å². The molecule has 3 fully saturated rings. The Morgan fingerprint density at radius 1 is 1.32 bits per heavy atom. The number of carbonyl (C=O) groups is 1. The summed E-state index contributed by atoms with van der Waals surface area (Å²) in [6.45, 7) is 4.76. The molecular weight excluding hydrogens is 350 g/mol. The van der Waals surface area contributed by atoms with E-state index in [4.69, 9.17) is 0 Å². The normalized spacial score (nSPS) is 31.0. The summed E-state index contributed by atoms with van der Waals surface area (Å²) in [5.74, 6) is 3.10. The average molecular weight is 382 g/mol. The molecular formula is C22H31N5O. The molecule has 5 rings (SSSR count). The highest BCUT2D eigenvalue weighted by Crippen LogP contribution is 2.50. The van der Waals surface area contributed by atoms with E-state index in [1.807, 2.05) is 12.1 Å². The van der Waals surface area contributed by atoms with Crippen LogP contribution in [0.15, 0.2) is 42.1 Å². The number of nitrogens with zero attached hydrogens (tertiary/aromatic N) is 4. The molecule has 0 radical (unpaired) electrons. The van der Waals surface area contributed by atoms with Crippen LogP contribution in [0, 0.1) is 17.8 Å². The Balaban J connectivity index is 0.00000205. The van der Waals surface area contributed by atoms with Crippen LogP contribution in [-0.2, 0) is 0 Å². The van der Waals surface area contributed by atoms with Gasteiger partial charge < -0.3 is 15.1 Å². The second kappa shape index (κ2) is 7.22. The van der Waals surface area contributed by atoms with Crippen LogP contribution in [0.1, 0.15) is 34.0 Å². The molecule has 0 spiro atoms. The van der Waals surface area contributed by atoms with Gasteiger partial charge in [-0.15, -0.1) is 5.10 Å². The van der Waals surface area contributed by atoms with E-state index in [0.717, 1.165) is 56.4 Å². The lowest BCUT2D eigenvalue weighted by Crippen LogP contribution is -2.54. The molecule has 4 aliphatic rings. The van der Waals surface area contributed by atoms with Crippen LogP contribution in [0.3, 0.4) is 0 Å². The summed E-state index contributed by atoms with van der Waals surface area (Å²) >= 11 is 0. The van der Waals surface area contributed by atoms with E-state index >= 15 is 0 Å². The number of allylic oxidation sites excluding steroid dienone is 2. The molecule has 1 aromatic rings. The van der Waals surface area contributed by atoms with Gasteiger partial charge in [0.05, 0.1) is 6.04 Å². The molecule has 2 heterocycles. The summed E-state index contributed by atoms with van der Waals surface area (Å²) in [4.78, 5) is 17.5. The van der Waals surface area contributed by atoms with Crippen molar-refractivity contribution in [2.75, 3.05) is 24.5 Å². The number of hydrogen-bond acceptors (Lipinski definition) is 4. The van der Waals surface area contributed by atoms with Gasteiger partial charge in [0.2, 0.25) is 0 Å². The minimum Gasteiger partial charge on any atom is -0.353 e. The fourth-order valence-electron chi connectivity index (χ4n) is 4.85. The molecule has 0 aromatic carbocycles. The third-order valence-electron chi connectivity index (χ3n) is 6.75. The fraction of sp³-hybridized carbons (Fsp3) is 0.591. The first-order valence-corrected chi connectivity index (χ1v) is 10.7.